The summed E-state index contributed by atoms with van der Waals surface area (Å²) in [5.41, 5.74) is 1.29. The molecule has 0 aliphatic carbocycles. The maximum absolute atomic E-state index is 12.0. The van der Waals surface area contributed by atoms with Gasteiger partial charge in [0, 0.05) is 5.38 Å². The van der Waals surface area contributed by atoms with E-state index in [-0.39, 0.29) is 12.3 Å². The monoisotopic (exact) mass is 339 g/mol. The maximum Gasteiger partial charge on any atom is 0.227 e. The minimum Gasteiger partial charge on any atom is -0.336 e. The van der Waals surface area contributed by atoms with Crippen LogP contribution in [0.25, 0.3) is 0 Å². The van der Waals surface area contributed by atoms with E-state index in [4.69, 9.17) is 23.2 Å². The van der Waals surface area contributed by atoms with Crippen molar-refractivity contribution in [1.82, 2.24) is 10.3 Å². The maximum atomic E-state index is 12.0. The van der Waals surface area contributed by atoms with Crippen LogP contribution in [0.4, 0.5) is 0 Å². The molecular formula is C14H11Cl2N3OS. The average Bonchev–Trinajstić information content (AvgIpc) is 2.84. The molecule has 2 aromatic rings. The van der Waals surface area contributed by atoms with Crippen LogP contribution >= 0.6 is 34.5 Å². The molecule has 21 heavy (non-hydrogen) atoms. The first-order chi connectivity index (χ1) is 9.99. The summed E-state index contributed by atoms with van der Waals surface area (Å²) in [5, 5.41) is 15.3. The first-order valence-corrected chi connectivity index (χ1v) is 7.68. The molecule has 0 radical (unpaired) electrons. The number of hydrogen-bond donors (Lipinski definition) is 1. The van der Waals surface area contributed by atoms with Gasteiger partial charge in [-0.1, -0.05) is 29.3 Å². The Bertz CT molecular complexity index is 708. The van der Waals surface area contributed by atoms with Crippen LogP contribution in [-0.2, 0) is 11.2 Å². The number of nitrogens with one attached hydrogen (secondary N) is 1. The van der Waals surface area contributed by atoms with Gasteiger partial charge in [-0.15, -0.1) is 11.3 Å². The Labute approximate surface area is 136 Å². The van der Waals surface area contributed by atoms with Crippen LogP contribution < -0.4 is 5.32 Å². The summed E-state index contributed by atoms with van der Waals surface area (Å²) in [6.07, 6.45) is 0.143. The Kier molecular flexibility index (Phi) is 5.18. The number of halogens is 2. The number of benzene rings is 1. The van der Waals surface area contributed by atoms with Crippen LogP contribution in [0.3, 0.4) is 0 Å². The van der Waals surface area contributed by atoms with Gasteiger partial charge in [0.15, 0.2) is 0 Å². The fourth-order valence-electron chi connectivity index (χ4n) is 1.75. The smallest absolute Gasteiger partial charge is 0.227 e. The number of carbonyl (C=O) groups is 1. The van der Waals surface area contributed by atoms with Crippen LogP contribution in [0.5, 0.6) is 0 Å². The zero-order valence-corrected chi connectivity index (χ0v) is 13.4. The summed E-state index contributed by atoms with van der Waals surface area (Å²) < 4.78 is 0. The number of carbonyl (C=O) groups excluding carboxylic acids is 1. The largest absolute Gasteiger partial charge is 0.336 e. The van der Waals surface area contributed by atoms with Crippen molar-refractivity contribution in [2.75, 3.05) is 0 Å². The third-order valence-corrected chi connectivity index (χ3v) is 4.28. The SMILES string of the molecule is Cc1nc(CC(=O)N[C@H](C#N)c2ccc(Cl)c(Cl)c2)cs1. The standard InChI is InChI=1S/C14H11Cl2N3OS/c1-8-18-10(7-21-8)5-14(20)19-13(6-17)9-2-3-11(15)12(16)4-9/h2-4,7,13H,5H2,1H3,(H,19,20)/t13-/m1/s1. The van der Waals surface area contributed by atoms with E-state index in [1.165, 1.54) is 11.3 Å². The van der Waals surface area contributed by atoms with Gasteiger partial charge < -0.3 is 5.32 Å². The highest BCUT2D eigenvalue weighted by atomic mass is 35.5. The Morgan fingerprint density at radius 2 is 2.24 bits per heavy atom. The fraction of sp³-hybridized carbons (Fsp3) is 0.214. The number of thiazole rings is 1. The third-order valence-electron chi connectivity index (χ3n) is 2.72. The molecule has 1 N–H and O–H groups in total. The molecule has 0 saturated heterocycles. The quantitative estimate of drug-likeness (QED) is 0.923. The molecule has 0 fully saturated rings. The van der Waals surface area contributed by atoms with E-state index in [0.717, 1.165) is 5.01 Å². The van der Waals surface area contributed by atoms with E-state index in [9.17, 15) is 10.1 Å². The second-order valence-electron chi connectivity index (χ2n) is 4.34. The lowest BCUT2D eigenvalue weighted by Gasteiger charge is -2.12. The second kappa shape index (κ2) is 6.90. The van der Waals surface area contributed by atoms with Gasteiger partial charge in [-0.05, 0) is 24.6 Å². The van der Waals surface area contributed by atoms with Crippen LogP contribution in [0, 0.1) is 18.3 Å². The van der Waals surface area contributed by atoms with E-state index in [1.54, 1.807) is 18.2 Å². The summed E-state index contributed by atoms with van der Waals surface area (Å²) in [7, 11) is 0. The summed E-state index contributed by atoms with van der Waals surface area (Å²) >= 11 is 13.2. The number of amides is 1. The lowest BCUT2D eigenvalue weighted by Crippen LogP contribution is -2.29. The van der Waals surface area contributed by atoms with Gasteiger partial charge in [0.1, 0.15) is 6.04 Å². The molecule has 0 unspecified atom stereocenters. The van der Waals surface area contributed by atoms with E-state index in [1.807, 2.05) is 18.4 Å². The van der Waals surface area contributed by atoms with Crippen molar-refractivity contribution in [3.63, 3.8) is 0 Å². The fourth-order valence-corrected chi connectivity index (χ4v) is 2.67. The Hall–Kier alpha value is -1.61. The lowest BCUT2D eigenvalue weighted by molar-refractivity contribution is -0.120. The zero-order chi connectivity index (χ0) is 15.4. The zero-order valence-electron chi connectivity index (χ0n) is 11.1. The van der Waals surface area contributed by atoms with Crippen LogP contribution in [0.15, 0.2) is 23.6 Å². The van der Waals surface area contributed by atoms with Gasteiger partial charge in [0.25, 0.3) is 0 Å². The molecule has 1 atom stereocenters. The van der Waals surface area contributed by atoms with Crippen LogP contribution in [0.2, 0.25) is 10.0 Å². The molecular weight excluding hydrogens is 329 g/mol. The number of rotatable bonds is 4. The second-order valence-corrected chi connectivity index (χ2v) is 6.21. The molecule has 1 amide bonds. The Balaban J connectivity index is 2.06. The molecule has 0 saturated carbocycles. The number of hydrogen-bond acceptors (Lipinski definition) is 4. The number of nitriles is 1. The molecule has 0 bridgehead atoms. The topological polar surface area (TPSA) is 65.8 Å². The molecule has 0 spiro atoms. The minimum absolute atomic E-state index is 0.143. The molecule has 0 aliphatic heterocycles. The number of nitrogens with zero attached hydrogens (tertiary/aromatic N) is 2. The molecule has 1 aromatic heterocycles. The predicted molar refractivity (Wildman–Crippen MR) is 83.5 cm³/mol. The van der Waals surface area contributed by atoms with Crippen molar-refractivity contribution in [2.45, 2.75) is 19.4 Å². The predicted octanol–water partition coefficient (Wildman–Crippen LogP) is 3.68. The molecule has 0 aliphatic rings. The Morgan fingerprint density at radius 3 is 2.81 bits per heavy atom. The summed E-state index contributed by atoms with van der Waals surface area (Å²) in [4.78, 5) is 16.2. The minimum atomic E-state index is -0.771. The summed E-state index contributed by atoms with van der Waals surface area (Å²) in [6.45, 7) is 1.87. The van der Waals surface area contributed by atoms with Crippen LogP contribution in [-0.4, -0.2) is 10.9 Å². The van der Waals surface area contributed by atoms with E-state index in [2.05, 4.69) is 10.3 Å². The van der Waals surface area contributed by atoms with Crippen molar-refractivity contribution in [3.05, 3.63) is 49.9 Å². The molecule has 2 rings (SSSR count). The van der Waals surface area contributed by atoms with Crippen molar-refractivity contribution in [3.8, 4) is 6.07 Å². The highest BCUT2D eigenvalue weighted by Crippen LogP contribution is 2.25. The summed E-state index contributed by atoms with van der Waals surface area (Å²) in [5.74, 6) is -0.266. The van der Waals surface area contributed by atoms with E-state index in [0.29, 0.717) is 21.3 Å². The van der Waals surface area contributed by atoms with Gasteiger partial charge in [-0.2, -0.15) is 5.26 Å². The van der Waals surface area contributed by atoms with Crippen LogP contribution in [0.1, 0.15) is 22.3 Å². The van der Waals surface area contributed by atoms with Crippen molar-refractivity contribution in [1.29, 1.82) is 5.26 Å². The highest BCUT2D eigenvalue weighted by Gasteiger charge is 2.16. The first kappa shape index (κ1) is 15.8. The molecule has 108 valence electrons. The van der Waals surface area contributed by atoms with Crippen molar-refractivity contribution in [2.24, 2.45) is 0 Å². The Morgan fingerprint density at radius 1 is 1.48 bits per heavy atom. The highest BCUT2D eigenvalue weighted by molar-refractivity contribution is 7.09. The van der Waals surface area contributed by atoms with Gasteiger partial charge >= 0.3 is 0 Å². The van der Waals surface area contributed by atoms with Crippen molar-refractivity contribution >= 4 is 40.4 Å². The lowest BCUT2D eigenvalue weighted by atomic mass is 10.1. The number of aryl methyl sites for hydroxylation is 1. The normalized spacial score (nSPS) is 11.7. The average molecular weight is 340 g/mol. The first-order valence-electron chi connectivity index (χ1n) is 6.04. The van der Waals surface area contributed by atoms with Crippen molar-refractivity contribution < 1.29 is 4.79 Å². The molecule has 7 heteroatoms. The molecule has 1 heterocycles. The third kappa shape index (κ3) is 4.18. The van der Waals surface area contributed by atoms with E-state index < -0.39 is 6.04 Å². The molecule has 4 nitrogen and oxygen atoms in total. The molecule has 1 aromatic carbocycles. The number of aromatic nitrogens is 1. The van der Waals surface area contributed by atoms with Gasteiger partial charge in [0.05, 0.1) is 33.2 Å². The van der Waals surface area contributed by atoms with Gasteiger partial charge in [0.2, 0.25) is 5.91 Å². The van der Waals surface area contributed by atoms with Gasteiger partial charge in [-0.3, -0.25) is 4.79 Å². The van der Waals surface area contributed by atoms with Gasteiger partial charge in [-0.25, -0.2) is 4.98 Å². The van der Waals surface area contributed by atoms with E-state index >= 15 is 0 Å². The summed E-state index contributed by atoms with van der Waals surface area (Å²) in [6, 6.07) is 6.10.